The van der Waals surface area contributed by atoms with E-state index in [-0.39, 0.29) is 17.5 Å². The zero-order chi connectivity index (χ0) is 11.4. The molecule has 0 saturated carbocycles. The lowest BCUT2D eigenvalue weighted by Gasteiger charge is -2.14. The SMILES string of the molecule is O=C(SC[C@@H](S)[C@H](O)CO)C(F)(F)F. The van der Waals surface area contributed by atoms with Gasteiger partial charge in [0, 0.05) is 11.0 Å². The van der Waals surface area contributed by atoms with Crippen molar-refractivity contribution in [3.05, 3.63) is 0 Å². The van der Waals surface area contributed by atoms with Crippen LogP contribution in [0.4, 0.5) is 13.2 Å². The van der Waals surface area contributed by atoms with Gasteiger partial charge in [-0.25, -0.2) is 0 Å². The first-order valence-corrected chi connectivity index (χ1v) is 5.00. The minimum atomic E-state index is -4.87. The zero-order valence-electron chi connectivity index (χ0n) is 6.86. The largest absolute Gasteiger partial charge is 0.460 e. The average molecular weight is 250 g/mol. The van der Waals surface area contributed by atoms with Crippen LogP contribution in [0.1, 0.15) is 0 Å². The van der Waals surface area contributed by atoms with Gasteiger partial charge in [0.15, 0.2) is 0 Å². The zero-order valence-corrected chi connectivity index (χ0v) is 8.57. The van der Waals surface area contributed by atoms with Crippen molar-refractivity contribution in [1.29, 1.82) is 0 Å². The fourth-order valence-electron chi connectivity index (χ4n) is 0.476. The first kappa shape index (κ1) is 14.1. The van der Waals surface area contributed by atoms with Crippen molar-refractivity contribution in [2.75, 3.05) is 12.4 Å². The lowest BCUT2D eigenvalue weighted by Crippen LogP contribution is -2.29. The van der Waals surface area contributed by atoms with Crippen LogP contribution in [0, 0.1) is 0 Å². The van der Waals surface area contributed by atoms with E-state index in [0.717, 1.165) is 0 Å². The number of aliphatic hydroxyl groups is 2. The van der Waals surface area contributed by atoms with Crippen molar-refractivity contribution in [3.8, 4) is 0 Å². The van der Waals surface area contributed by atoms with Gasteiger partial charge in [-0.1, -0.05) is 11.8 Å². The molecule has 0 unspecified atom stereocenters. The van der Waals surface area contributed by atoms with E-state index in [4.69, 9.17) is 10.2 Å². The highest BCUT2D eigenvalue weighted by molar-refractivity contribution is 8.14. The van der Waals surface area contributed by atoms with Crippen LogP contribution in [0.25, 0.3) is 0 Å². The molecule has 3 nitrogen and oxygen atoms in total. The maximum Gasteiger partial charge on any atom is 0.460 e. The Kier molecular flexibility index (Phi) is 5.87. The third-order valence-electron chi connectivity index (χ3n) is 1.25. The molecule has 0 heterocycles. The molecule has 0 aliphatic rings. The van der Waals surface area contributed by atoms with Crippen LogP contribution in [0.2, 0.25) is 0 Å². The highest BCUT2D eigenvalue weighted by Crippen LogP contribution is 2.24. The molecular weight excluding hydrogens is 241 g/mol. The molecule has 0 radical (unpaired) electrons. The molecule has 0 bridgehead atoms. The molecule has 0 aromatic rings. The predicted octanol–water partition coefficient (Wildman–Crippen LogP) is 0.460. The number of aliphatic hydroxyl groups excluding tert-OH is 2. The summed E-state index contributed by atoms with van der Waals surface area (Å²) in [5, 5.41) is 14.5. The molecule has 14 heavy (non-hydrogen) atoms. The lowest BCUT2D eigenvalue weighted by atomic mass is 10.3. The summed E-state index contributed by atoms with van der Waals surface area (Å²) in [5.41, 5.74) is 0. The van der Waals surface area contributed by atoms with Gasteiger partial charge in [0.2, 0.25) is 0 Å². The molecule has 0 saturated heterocycles. The number of carbonyl (C=O) groups excluding carboxylic acids is 1. The Morgan fingerprint density at radius 1 is 1.50 bits per heavy atom. The van der Waals surface area contributed by atoms with Crippen molar-refractivity contribution in [3.63, 3.8) is 0 Å². The normalized spacial score (nSPS) is 16.4. The summed E-state index contributed by atoms with van der Waals surface area (Å²) in [6.07, 6.45) is -6.10. The second-order valence-corrected chi connectivity index (χ2v) is 4.07. The summed E-state index contributed by atoms with van der Waals surface area (Å²) in [4.78, 5) is 10.3. The molecule has 0 aromatic heterocycles. The van der Waals surface area contributed by atoms with Crippen molar-refractivity contribution in [2.45, 2.75) is 17.5 Å². The lowest BCUT2D eigenvalue weighted by molar-refractivity contribution is -0.160. The maximum absolute atomic E-state index is 11.7. The van der Waals surface area contributed by atoms with Gasteiger partial charge in [0.1, 0.15) is 0 Å². The molecule has 0 spiro atoms. The first-order valence-electron chi connectivity index (χ1n) is 3.50. The Morgan fingerprint density at radius 2 is 2.00 bits per heavy atom. The standard InChI is InChI=1S/C6H9F3O3S2/c7-6(8,9)5(12)14-2-4(13)3(11)1-10/h3-4,10-11,13H,1-2H2/t3-,4-/m1/s1. The van der Waals surface area contributed by atoms with Gasteiger partial charge in [-0.15, -0.1) is 0 Å². The van der Waals surface area contributed by atoms with Crippen molar-refractivity contribution in [2.24, 2.45) is 0 Å². The average Bonchev–Trinajstić information content (AvgIpc) is 2.10. The van der Waals surface area contributed by atoms with Gasteiger partial charge in [0.25, 0.3) is 5.12 Å². The van der Waals surface area contributed by atoms with E-state index >= 15 is 0 Å². The molecule has 0 aliphatic heterocycles. The van der Waals surface area contributed by atoms with Crippen LogP contribution >= 0.6 is 24.4 Å². The summed E-state index contributed by atoms with van der Waals surface area (Å²) in [7, 11) is 0. The molecular formula is C6H9F3O3S2. The fourth-order valence-corrected chi connectivity index (χ4v) is 1.50. The van der Waals surface area contributed by atoms with E-state index in [1.54, 1.807) is 0 Å². The quantitative estimate of drug-likeness (QED) is 0.634. The molecule has 0 fully saturated rings. The van der Waals surface area contributed by atoms with Gasteiger partial charge >= 0.3 is 6.18 Å². The van der Waals surface area contributed by atoms with Crippen LogP contribution < -0.4 is 0 Å². The van der Waals surface area contributed by atoms with Gasteiger partial charge in [-0.2, -0.15) is 25.8 Å². The Labute approximate surface area is 88.1 Å². The number of halogens is 3. The topological polar surface area (TPSA) is 57.5 Å². The number of rotatable bonds is 4. The van der Waals surface area contributed by atoms with Gasteiger partial charge in [-0.05, 0) is 0 Å². The summed E-state index contributed by atoms with van der Waals surface area (Å²) >= 11 is 3.75. The van der Waals surface area contributed by atoms with Gasteiger partial charge < -0.3 is 10.2 Å². The summed E-state index contributed by atoms with van der Waals surface area (Å²) in [5.74, 6) is -0.302. The minimum Gasteiger partial charge on any atom is -0.394 e. The van der Waals surface area contributed by atoms with Crippen molar-refractivity contribution >= 4 is 29.5 Å². The number of thioether (sulfide) groups is 1. The van der Waals surface area contributed by atoms with Crippen molar-refractivity contribution < 1.29 is 28.2 Å². The number of hydrogen-bond donors (Lipinski definition) is 3. The Morgan fingerprint density at radius 3 is 2.36 bits per heavy atom. The molecule has 2 atom stereocenters. The molecule has 0 rings (SSSR count). The predicted molar refractivity (Wildman–Crippen MR) is 49.4 cm³/mol. The van der Waals surface area contributed by atoms with E-state index in [1.807, 2.05) is 0 Å². The van der Waals surface area contributed by atoms with Crippen LogP contribution in [-0.4, -0.2) is 45.2 Å². The summed E-state index contributed by atoms with van der Waals surface area (Å²) in [6.45, 7) is -0.602. The summed E-state index contributed by atoms with van der Waals surface area (Å²) in [6, 6.07) is 0. The fraction of sp³-hybridized carbons (Fsp3) is 0.833. The number of hydrogen-bond acceptors (Lipinski definition) is 5. The highest BCUT2D eigenvalue weighted by atomic mass is 32.2. The third kappa shape index (κ3) is 5.08. The molecule has 2 N–H and O–H groups in total. The van der Waals surface area contributed by atoms with Crippen LogP contribution in [0.15, 0.2) is 0 Å². The Balaban J connectivity index is 3.89. The molecule has 84 valence electrons. The van der Waals surface area contributed by atoms with Gasteiger partial charge in [-0.3, -0.25) is 4.79 Å². The Bertz CT molecular complexity index is 197. The Hall–Kier alpha value is 0.0800. The number of carbonyl (C=O) groups is 1. The van der Waals surface area contributed by atoms with Gasteiger partial charge in [0.05, 0.1) is 12.7 Å². The second kappa shape index (κ2) is 5.84. The third-order valence-corrected chi connectivity index (χ3v) is 3.04. The van der Waals surface area contributed by atoms with Crippen LogP contribution in [0.3, 0.4) is 0 Å². The molecule has 0 aliphatic carbocycles. The van der Waals surface area contributed by atoms with Crippen molar-refractivity contribution in [1.82, 2.24) is 0 Å². The molecule has 0 amide bonds. The second-order valence-electron chi connectivity index (χ2n) is 2.41. The van der Waals surface area contributed by atoms with Crippen LogP contribution in [0.5, 0.6) is 0 Å². The number of alkyl halides is 3. The monoisotopic (exact) mass is 250 g/mol. The van der Waals surface area contributed by atoms with E-state index in [1.165, 1.54) is 0 Å². The van der Waals surface area contributed by atoms with E-state index < -0.39 is 29.3 Å². The first-order chi connectivity index (χ1) is 6.29. The van der Waals surface area contributed by atoms with E-state index in [9.17, 15) is 18.0 Å². The summed E-state index contributed by atoms with van der Waals surface area (Å²) < 4.78 is 35.0. The molecule has 0 aromatic carbocycles. The highest BCUT2D eigenvalue weighted by Gasteiger charge is 2.39. The van der Waals surface area contributed by atoms with Crippen LogP contribution in [-0.2, 0) is 4.79 Å². The van der Waals surface area contributed by atoms with E-state index in [0.29, 0.717) is 0 Å². The smallest absolute Gasteiger partial charge is 0.394 e. The number of thiol groups is 1. The minimum absolute atomic E-state index is 0.0237. The molecule has 8 heteroatoms. The van der Waals surface area contributed by atoms with E-state index in [2.05, 4.69) is 12.6 Å². The maximum atomic E-state index is 11.7.